The highest BCUT2D eigenvalue weighted by atomic mass is 16.8. The van der Waals surface area contributed by atoms with E-state index in [2.05, 4.69) is 60.6 Å². The van der Waals surface area contributed by atoms with Gasteiger partial charge in [0.1, 0.15) is 67.1 Å². The summed E-state index contributed by atoms with van der Waals surface area (Å²) in [5.41, 5.74) is -1.61. The predicted octanol–water partition coefficient (Wildman–Crippen LogP) is 0.629. The molecular weight excluding hydrogens is 849 g/mol. The second kappa shape index (κ2) is 16.6. The molecule has 65 heavy (non-hydrogen) atoms. The first-order valence-corrected chi connectivity index (χ1v) is 24.3. The summed E-state index contributed by atoms with van der Waals surface area (Å²) in [6.07, 6.45) is -12.0. The van der Waals surface area contributed by atoms with E-state index < -0.39 is 129 Å². The summed E-state index contributed by atoms with van der Waals surface area (Å²) in [5.74, 6) is 0.593. The van der Waals surface area contributed by atoms with Crippen molar-refractivity contribution < 1.29 is 84.2 Å². The van der Waals surface area contributed by atoms with Crippen molar-refractivity contribution in [3.8, 4) is 0 Å². The second-order valence-corrected chi connectivity index (χ2v) is 24.0. The highest BCUT2D eigenvalue weighted by Crippen LogP contribution is 2.79. The van der Waals surface area contributed by atoms with Gasteiger partial charge in [0.05, 0.1) is 43.7 Å². The zero-order valence-electron chi connectivity index (χ0n) is 39.3. The highest BCUT2D eigenvalue weighted by molar-refractivity contribution is 5.36. The summed E-state index contributed by atoms with van der Waals surface area (Å²) >= 11 is 0. The van der Waals surface area contributed by atoms with Crippen molar-refractivity contribution in [3.63, 3.8) is 0 Å². The number of ether oxygens (including phenoxy) is 7. The average Bonchev–Trinajstić information content (AvgIpc) is 3.52. The van der Waals surface area contributed by atoms with Crippen LogP contribution in [0.4, 0.5) is 0 Å². The van der Waals surface area contributed by atoms with E-state index in [0.29, 0.717) is 19.4 Å². The molecule has 4 heterocycles. The lowest BCUT2D eigenvalue weighted by Crippen LogP contribution is -2.72. The summed E-state index contributed by atoms with van der Waals surface area (Å²) in [5, 5.41) is 109. The van der Waals surface area contributed by atoms with Crippen LogP contribution in [0.5, 0.6) is 0 Å². The zero-order chi connectivity index (χ0) is 47.2. The van der Waals surface area contributed by atoms with Crippen molar-refractivity contribution in [2.75, 3.05) is 19.8 Å². The van der Waals surface area contributed by atoms with Crippen LogP contribution in [0.25, 0.3) is 0 Å². The van der Waals surface area contributed by atoms with E-state index in [1.165, 1.54) is 6.92 Å². The number of aliphatic hydroxyl groups is 10. The Morgan fingerprint density at radius 2 is 1.28 bits per heavy atom. The molecule has 0 aromatic carbocycles. The van der Waals surface area contributed by atoms with Gasteiger partial charge in [-0.3, -0.25) is 0 Å². The van der Waals surface area contributed by atoms with E-state index in [1.54, 1.807) is 0 Å². The molecule has 372 valence electrons. The van der Waals surface area contributed by atoms with Gasteiger partial charge in [-0.25, -0.2) is 0 Å². The van der Waals surface area contributed by atoms with Gasteiger partial charge in [-0.1, -0.05) is 60.6 Å². The van der Waals surface area contributed by atoms with E-state index in [-0.39, 0.29) is 44.8 Å². The Morgan fingerprint density at radius 3 is 1.98 bits per heavy atom. The molecule has 1 spiro atoms. The molecule has 4 saturated carbocycles. The van der Waals surface area contributed by atoms with E-state index in [4.69, 9.17) is 33.2 Å². The molecule has 8 fully saturated rings. The minimum Gasteiger partial charge on any atom is -0.394 e. The van der Waals surface area contributed by atoms with Gasteiger partial charge in [-0.15, -0.1) is 0 Å². The van der Waals surface area contributed by atoms with Crippen LogP contribution in [0.15, 0.2) is 12.2 Å². The largest absolute Gasteiger partial charge is 0.394 e. The third kappa shape index (κ3) is 7.09. The molecule has 17 nitrogen and oxygen atoms in total. The topological polar surface area (TPSA) is 267 Å². The lowest BCUT2D eigenvalue weighted by molar-refractivity contribution is -0.374. The summed E-state index contributed by atoms with van der Waals surface area (Å²) in [6.45, 7) is 17.2. The monoisotopic (exact) mass is 927 g/mol. The fraction of sp³-hybridized carbons (Fsp3) is 0.958. The van der Waals surface area contributed by atoms with Crippen LogP contribution in [0.2, 0.25) is 0 Å². The van der Waals surface area contributed by atoms with Gasteiger partial charge < -0.3 is 84.2 Å². The van der Waals surface area contributed by atoms with Crippen LogP contribution in [0.1, 0.15) is 107 Å². The zero-order valence-corrected chi connectivity index (χ0v) is 39.3. The Hall–Kier alpha value is -0.940. The van der Waals surface area contributed by atoms with Crippen molar-refractivity contribution in [1.82, 2.24) is 0 Å². The van der Waals surface area contributed by atoms with Gasteiger partial charge >= 0.3 is 0 Å². The lowest BCUT2D eigenvalue weighted by Gasteiger charge is -2.73. The number of fused-ring (bicyclic) bond motifs is 4. The summed E-state index contributed by atoms with van der Waals surface area (Å²) < 4.78 is 43.5. The van der Waals surface area contributed by atoms with Crippen LogP contribution in [0.3, 0.4) is 0 Å². The summed E-state index contributed by atoms with van der Waals surface area (Å²) in [7, 11) is 0. The van der Waals surface area contributed by atoms with E-state index in [0.717, 1.165) is 38.5 Å². The molecule has 10 N–H and O–H groups in total. The maximum atomic E-state index is 12.2. The first-order valence-electron chi connectivity index (χ1n) is 24.3. The number of hydrogen-bond acceptors (Lipinski definition) is 17. The molecule has 4 saturated heterocycles. The molecular formula is C48H78O17. The minimum absolute atomic E-state index is 0.163. The van der Waals surface area contributed by atoms with Crippen molar-refractivity contribution in [2.45, 2.75) is 217 Å². The predicted molar refractivity (Wildman–Crippen MR) is 228 cm³/mol. The Morgan fingerprint density at radius 1 is 0.631 bits per heavy atom. The van der Waals surface area contributed by atoms with Crippen molar-refractivity contribution in [3.05, 3.63) is 12.2 Å². The third-order valence-electron chi connectivity index (χ3n) is 19.9. The van der Waals surface area contributed by atoms with Crippen LogP contribution in [-0.2, 0) is 33.2 Å². The number of aliphatic hydroxyl groups excluding tert-OH is 10. The van der Waals surface area contributed by atoms with Crippen molar-refractivity contribution in [2.24, 2.45) is 50.2 Å². The molecule has 0 aromatic heterocycles. The van der Waals surface area contributed by atoms with Crippen LogP contribution < -0.4 is 0 Å². The summed E-state index contributed by atoms with van der Waals surface area (Å²) in [4.78, 5) is 0. The highest BCUT2D eigenvalue weighted by Gasteiger charge is 2.79. The Balaban J connectivity index is 0.958. The van der Waals surface area contributed by atoms with Gasteiger partial charge in [0.15, 0.2) is 18.9 Å². The molecule has 0 amide bonds. The molecule has 25 atom stereocenters. The summed E-state index contributed by atoms with van der Waals surface area (Å²) in [6, 6.07) is 0. The van der Waals surface area contributed by atoms with E-state index >= 15 is 0 Å². The number of rotatable bonds is 8. The molecule has 0 aromatic rings. The first kappa shape index (κ1) is 49.1. The fourth-order valence-electron chi connectivity index (χ4n) is 15.7. The average molecular weight is 927 g/mol. The maximum Gasteiger partial charge on any atom is 0.187 e. The number of allylic oxidation sites excluding steroid dienone is 1. The third-order valence-corrected chi connectivity index (χ3v) is 19.9. The smallest absolute Gasteiger partial charge is 0.187 e. The fourth-order valence-corrected chi connectivity index (χ4v) is 15.7. The molecule has 9 aliphatic rings. The molecule has 9 rings (SSSR count). The van der Waals surface area contributed by atoms with Crippen molar-refractivity contribution >= 4 is 0 Å². The van der Waals surface area contributed by atoms with E-state index in [9.17, 15) is 51.1 Å². The standard InChI is InChI=1S/C48H78O17/c1-22-30(51)32(53)36(57)40(61-22)65-38-24(20-59-39-35(56)33(54)31(52)23(19-49)62-39)63-41(37(58)34(38)55)64-29-11-12-44(6)25(43(29,4)5)9-13-45(7)26(44)10-14-48-27-17-42(2,3)15-16-47(27,21-60-48)28(50)18-46(45,48)8/h10,14,22-41,49-58H,9,11-13,15-21H2,1-8H3/t22?,23?,24?,25?,26?,27?,28?,29?,30?,31?,32?,33?,34?,35?,36?,37?,38?,39?,40?,41?,44-,45+,46?,47?,48?/m0/s1. The van der Waals surface area contributed by atoms with Gasteiger partial charge in [-0.2, -0.15) is 0 Å². The molecule has 4 aliphatic heterocycles. The molecule has 17 heteroatoms. The molecule has 23 unspecified atom stereocenters. The number of hydrogen-bond donors (Lipinski definition) is 10. The maximum absolute atomic E-state index is 12.2. The van der Waals surface area contributed by atoms with Crippen LogP contribution in [0, 0.1) is 50.2 Å². The van der Waals surface area contributed by atoms with Gasteiger partial charge in [0.25, 0.3) is 0 Å². The van der Waals surface area contributed by atoms with Crippen LogP contribution >= 0.6 is 0 Å². The van der Waals surface area contributed by atoms with E-state index in [1.807, 2.05) is 0 Å². The molecule has 5 aliphatic carbocycles. The van der Waals surface area contributed by atoms with Crippen LogP contribution in [-0.4, -0.2) is 181 Å². The molecule has 0 radical (unpaired) electrons. The lowest BCUT2D eigenvalue weighted by atomic mass is 9.32. The first-order chi connectivity index (χ1) is 30.3. The van der Waals surface area contributed by atoms with Gasteiger partial charge in [-0.05, 0) is 91.8 Å². The molecule has 2 bridgehead atoms. The Bertz CT molecular complexity index is 1780. The quantitative estimate of drug-likeness (QED) is 0.118. The van der Waals surface area contributed by atoms with Crippen molar-refractivity contribution in [1.29, 1.82) is 0 Å². The second-order valence-electron chi connectivity index (χ2n) is 24.0. The minimum atomic E-state index is -1.75. The Labute approximate surface area is 382 Å². The van der Waals surface area contributed by atoms with Gasteiger partial charge in [0, 0.05) is 16.7 Å². The Kier molecular flexibility index (Phi) is 12.5. The normalized spacial score (nSPS) is 58.0. The van der Waals surface area contributed by atoms with Gasteiger partial charge in [0.2, 0.25) is 0 Å². The SMILES string of the molecule is CC1OC(OC2C(COC3OC(CO)C(O)C(O)C3O)OC(OC3CC[C@@]4(C)C(CC[C@]5(C)C4C=CC46OCC7(CCC(C)(C)CC74)C(O)CC65C)C3(C)C)C(O)C2O)C(O)C(O)C1O.